The molecule has 14 nitrogen and oxygen atoms in total. The molecule has 1 fully saturated rings. The van der Waals surface area contributed by atoms with E-state index in [1.54, 1.807) is 20.8 Å². The lowest BCUT2D eigenvalue weighted by Crippen LogP contribution is -2.42. The first-order valence-electron chi connectivity index (χ1n) is 9.24. The van der Waals surface area contributed by atoms with Crippen molar-refractivity contribution in [3.63, 3.8) is 0 Å². The van der Waals surface area contributed by atoms with Crippen molar-refractivity contribution in [2.75, 3.05) is 13.2 Å². The van der Waals surface area contributed by atoms with Crippen molar-refractivity contribution in [1.29, 1.82) is 0 Å². The largest absolute Gasteiger partial charge is 0.466 e. The number of ether oxygens (including phenoxy) is 2. The molecule has 1 aromatic rings. The fraction of sp³-hybridized carbons (Fsp3) is 0.625. The van der Waals surface area contributed by atoms with Crippen LogP contribution in [0.4, 0.5) is 11.6 Å². The van der Waals surface area contributed by atoms with Gasteiger partial charge in [0.15, 0.2) is 6.54 Å². The number of thioether (sulfide) groups is 1. The zero-order chi connectivity index (χ0) is 23.3. The number of carbonyl (C=O) groups is 3. The number of aromatic nitrogens is 2. The van der Waals surface area contributed by atoms with Gasteiger partial charge >= 0.3 is 23.6 Å². The molecule has 0 spiro atoms. The molecule has 0 bridgehead atoms. The minimum Gasteiger partial charge on any atom is -0.466 e. The molecular formula is C16H21N5O9S. The summed E-state index contributed by atoms with van der Waals surface area (Å²) >= 11 is 1.01. The molecule has 0 radical (unpaired) electrons. The third kappa shape index (κ3) is 5.28. The summed E-state index contributed by atoms with van der Waals surface area (Å²) in [6, 6.07) is 0. The monoisotopic (exact) mass is 459 g/mol. The molecule has 1 amide bonds. The van der Waals surface area contributed by atoms with Crippen LogP contribution in [0.1, 0.15) is 20.8 Å². The van der Waals surface area contributed by atoms with Crippen LogP contribution in [0.3, 0.4) is 0 Å². The van der Waals surface area contributed by atoms with Crippen molar-refractivity contribution in [2.45, 2.75) is 37.9 Å². The Kier molecular flexibility index (Phi) is 7.90. The van der Waals surface area contributed by atoms with E-state index in [1.807, 2.05) is 0 Å². The van der Waals surface area contributed by atoms with Crippen LogP contribution in [0.5, 0.6) is 0 Å². The standard InChI is InChI=1S/C16H21N5O9S/c1-4-29-15(23)10-8(3)11(16(24)30-5-2)31-13(10)18-9(22)6-19-7-17-12(20(25)26)14(19)21(27)28/h7-8,10-11,13H,4-6H2,1-3H3,(H,18,22). The fourth-order valence-corrected chi connectivity index (χ4v) is 4.82. The Labute approximate surface area is 179 Å². The lowest BCUT2D eigenvalue weighted by molar-refractivity contribution is -0.428. The number of carbonyl (C=O) groups excluding carboxylic acids is 3. The maximum Gasteiger partial charge on any atom is 0.462 e. The molecule has 1 aromatic heterocycles. The fourth-order valence-electron chi connectivity index (χ4n) is 3.18. The van der Waals surface area contributed by atoms with Crippen LogP contribution in [0.15, 0.2) is 6.33 Å². The Bertz CT molecular complexity index is 889. The van der Waals surface area contributed by atoms with Crippen LogP contribution in [0.2, 0.25) is 0 Å². The van der Waals surface area contributed by atoms with Crippen LogP contribution in [-0.2, 0) is 30.4 Å². The maximum absolute atomic E-state index is 12.5. The van der Waals surface area contributed by atoms with Crippen LogP contribution >= 0.6 is 11.8 Å². The molecule has 1 saturated heterocycles. The molecule has 0 saturated carbocycles. The van der Waals surface area contributed by atoms with Gasteiger partial charge in [0.05, 0.1) is 24.5 Å². The van der Waals surface area contributed by atoms with Gasteiger partial charge in [0.1, 0.15) is 5.25 Å². The summed E-state index contributed by atoms with van der Waals surface area (Å²) in [5, 5.41) is 23.0. The van der Waals surface area contributed by atoms with Crippen molar-refractivity contribution >= 4 is 41.2 Å². The van der Waals surface area contributed by atoms with Gasteiger partial charge < -0.3 is 35.0 Å². The molecule has 1 aliphatic heterocycles. The van der Waals surface area contributed by atoms with E-state index in [1.165, 1.54) is 0 Å². The molecule has 4 atom stereocenters. The van der Waals surface area contributed by atoms with Gasteiger partial charge in [-0.05, 0) is 29.6 Å². The summed E-state index contributed by atoms with van der Waals surface area (Å²) in [5.41, 5.74) is 0. The van der Waals surface area contributed by atoms with Crippen molar-refractivity contribution < 1.29 is 33.7 Å². The topological polar surface area (TPSA) is 186 Å². The number of amides is 1. The number of nitrogens with one attached hydrogen (secondary N) is 1. The van der Waals surface area contributed by atoms with Gasteiger partial charge in [0, 0.05) is 4.98 Å². The van der Waals surface area contributed by atoms with Crippen LogP contribution in [0, 0.1) is 32.1 Å². The average Bonchev–Trinajstić information content (AvgIpc) is 3.23. The highest BCUT2D eigenvalue weighted by molar-refractivity contribution is 8.01. The molecule has 2 rings (SSSR count). The maximum atomic E-state index is 12.5. The summed E-state index contributed by atoms with van der Waals surface area (Å²) < 4.78 is 10.8. The first kappa shape index (κ1) is 24.0. The minimum absolute atomic E-state index is 0.0996. The average molecular weight is 459 g/mol. The van der Waals surface area contributed by atoms with Crippen LogP contribution in [-0.4, -0.2) is 61.1 Å². The number of hydrogen-bond acceptors (Lipinski definition) is 11. The summed E-state index contributed by atoms with van der Waals surface area (Å²) in [7, 11) is 0. The quantitative estimate of drug-likeness (QED) is 0.310. The highest BCUT2D eigenvalue weighted by Crippen LogP contribution is 2.43. The van der Waals surface area contributed by atoms with Crippen molar-refractivity contribution in [3.05, 3.63) is 26.6 Å². The van der Waals surface area contributed by atoms with Crippen LogP contribution in [0.25, 0.3) is 0 Å². The van der Waals surface area contributed by atoms with E-state index in [9.17, 15) is 34.6 Å². The van der Waals surface area contributed by atoms with Gasteiger partial charge in [-0.1, -0.05) is 6.92 Å². The van der Waals surface area contributed by atoms with E-state index < -0.39 is 68.3 Å². The summed E-state index contributed by atoms with van der Waals surface area (Å²) in [5.74, 6) is -5.23. The van der Waals surface area contributed by atoms with Gasteiger partial charge in [-0.3, -0.25) is 14.4 Å². The van der Waals surface area contributed by atoms with E-state index in [4.69, 9.17) is 9.47 Å². The number of nitro groups is 2. The molecule has 15 heteroatoms. The number of esters is 2. The third-order valence-electron chi connectivity index (χ3n) is 4.50. The Morgan fingerprint density at radius 3 is 2.32 bits per heavy atom. The molecule has 31 heavy (non-hydrogen) atoms. The Morgan fingerprint density at radius 1 is 1.16 bits per heavy atom. The Morgan fingerprint density at radius 2 is 1.77 bits per heavy atom. The summed E-state index contributed by atoms with van der Waals surface area (Å²) in [6.07, 6.45) is 0.810. The van der Waals surface area contributed by atoms with Crippen molar-refractivity contribution in [2.24, 2.45) is 11.8 Å². The number of nitrogens with zero attached hydrogens (tertiary/aromatic N) is 4. The highest BCUT2D eigenvalue weighted by Gasteiger charge is 2.50. The second-order valence-electron chi connectivity index (χ2n) is 6.47. The molecule has 2 heterocycles. The van der Waals surface area contributed by atoms with Gasteiger partial charge in [0.25, 0.3) is 12.2 Å². The van der Waals surface area contributed by atoms with E-state index in [-0.39, 0.29) is 13.2 Å². The number of hydrogen-bond donors (Lipinski definition) is 1. The number of rotatable bonds is 9. The number of imidazole rings is 1. The summed E-state index contributed by atoms with van der Waals surface area (Å²) in [4.78, 5) is 60.6. The Hall–Kier alpha value is -3.23. The molecular weight excluding hydrogens is 438 g/mol. The van der Waals surface area contributed by atoms with E-state index in [0.717, 1.165) is 22.7 Å². The predicted molar refractivity (Wildman–Crippen MR) is 105 cm³/mol. The summed E-state index contributed by atoms with van der Waals surface area (Å²) in [6.45, 7) is 4.51. The first-order chi connectivity index (χ1) is 14.6. The minimum atomic E-state index is -1.03. The van der Waals surface area contributed by atoms with Gasteiger partial charge in [-0.25, -0.2) is 0 Å². The molecule has 170 valence electrons. The second kappa shape index (κ2) is 10.2. The molecule has 4 unspecified atom stereocenters. The Balaban J connectivity index is 2.21. The molecule has 1 N–H and O–H groups in total. The van der Waals surface area contributed by atoms with E-state index >= 15 is 0 Å². The lowest BCUT2D eigenvalue weighted by Gasteiger charge is -2.21. The predicted octanol–water partition coefficient (Wildman–Crippen LogP) is 0.636. The molecule has 0 aromatic carbocycles. The third-order valence-corrected chi connectivity index (χ3v) is 6.11. The first-order valence-corrected chi connectivity index (χ1v) is 10.2. The van der Waals surface area contributed by atoms with Gasteiger partial charge in [0.2, 0.25) is 0 Å². The highest BCUT2D eigenvalue weighted by atomic mass is 32.2. The van der Waals surface area contributed by atoms with Crippen molar-refractivity contribution in [1.82, 2.24) is 14.9 Å². The zero-order valence-electron chi connectivity index (χ0n) is 16.9. The van der Waals surface area contributed by atoms with Gasteiger partial charge in [-0.15, -0.1) is 11.8 Å². The van der Waals surface area contributed by atoms with E-state index in [2.05, 4.69) is 10.3 Å². The lowest BCUT2D eigenvalue weighted by atomic mass is 9.91. The van der Waals surface area contributed by atoms with Crippen LogP contribution < -0.4 is 5.32 Å². The molecule has 0 aliphatic carbocycles. The normalized spacial score (nSPS) is 22.5. The SMILES string of the molecule is CCOC(=O)C1SC(NC(=O)Cn2cnc([N+](=O)[O-])c2[N+](=O)[O-])C(C(=O)OCC)C1C. The van der Waals surface area contributed by atoms with E-state index in [0.29, 0.717) is 0 Å². The van der Waals surface area contributed by atoms with Crippen molar-refractivity contribution in [3.8, 4) is 0 Å². The van der Waals surface area contributed by atoms with Gasteiger partial charge in [-0.2, -0.15) is 4.57 Å². The zero-order valence-corrected chi connectivity index (χ0v) is 17.7. The smallest absolute Gasteiger partial charge is 0.462 e. The molecule has 1 aliphatic rings. The second-order valence-corrected chi connectivity index (χ2v) is 7.76.